The largest absolute Gasteiger partial charge is 0.391 e. The molecule has 1 saturated heterocycles. The summed E-state index contributed by atoms with van der Waals surface area (Å²) in [5, 5.41) is 6.55. The molecule has 1 atom stereocenters. The van der Waals surface area contributed by atoms with E-state index in [9.17, 15) is 4.79 Å². The van der Waals surface area contributed by atoms with Crippen molar-refractivity contribution in [3.8, 4) is 0 Å². The first-order valence-corrected chi connectivity index (χ1v) is 5.58. The highest BCUT2D eigenvalue weighted by atomic mass is 16.1. The lowest BCUT2D eigenvalue weighted by Crippen LogP contribution is -2.32. The number of anilines is 2. The second-order valence-corrected chi connectivity index (χ2v) is 4.04. The van der Waals surface area contributed by atoms with Gasteiger partial charge in [0.05, 0.1) is 6.33 Å². The third-order valence-electron chi connectivity index (χ3n) is 2.78. The molecule has 0 amide bonds. The molecule has 0 aliphatic carbocycles. The molecule has 0 saturated carbocycles. The van der Waals surface area contributed by atoms with Gasteiger partial charge in [-0.25, -0.2) is 4.98 Å². The van der Waals surface area contributed by atoms with E-state index < -0.39 is 0 Å². The molecule has 5 N–H and O–H groups in total. The summed E-state index contributed by atoms with van der Waals surface area (Å²) in [5.74, 6) is 0.484. The van der Waals surface area contributed by atoms with Gasteiger partial charge < -0.3 is 21.4 Å². The predicted octanol–water partition coefficient (Wildman–Crippen LogP) is -0.0939. The summed E-state index contributed by atoms with van der Waals surface area (Å²) >= 11 is 0. The van der Waals surface area contributed by atoms with Crippen LogP contribution in [0.3, 0.4) is 0 Å². The highest BCUT2D eigenvalue weighted by molar-refractivity contribution is 5.59. The van der Waals surface area contributed by atoms with Crippen molar-refractivity contribution in [2.24, 2.45) is 0 Å². The number of nitrogens with zero attached hydrogens (tertiary/aromatic N) is 1. The number of aromatic amines is 1. The van der Waals surface area contributed by atoms with E-state index in [2.05, 4.69) is 20.6 Å². The molecule has 16 heavy (non-hydrogen) atoms. The number of rotatable bonds is 2. The van der Waals surface area contributed by atoms with Gasteiger partial charge in [0.15, 0.2) is 5.82 Å². The Bertz CT molecular complexity index is 394. The Morgan fingerprint density at radius 1 is 1.50 bits per heavy atom. The molecule has 1 fully saturated rings. The molecule has 1 unspecified atom stereocenters. The van der Waals surface area contributed by atoms with Gasteiger partial charge in [0.25, 0.3) is 5.56 Å². The summed E-state index contributed by atoms with van der Waals surface area (Å²) in [6.07, 6.45) is 4.80. The molecule has 0 aromatic carbocycles. The summed E-state index contributed by atoms with van der Waals surface area (Å²) in [4.78, 5) is 17.8. The van der Waals surface area contributed by atoms with Crippen LogP contribution in [0.2, 0.25) is 0 Å². The van der Waals surface area contributed by atoms with Crippen LogP contribution < -0.4 is 21.9 Å². The van der Waals surface area contributed by atoms with Gasteiger partial charge >= 0.3 is 0 Å². The standard InChI is InChI=1S/C10H17N5O/c11-8-9(13-6-14-10(8)16)15-7-3-1-2-4-12-5-7/h6-7,12H,1-5,11H2,(H2,13,14,15,16). The number of H-pyrrole nitrogens is 1. The molecule has 0 radical (unpaired) electrons. The minimum absolute atomic E-state index is 0.159. The van der Waals surface area contributed by atoms with Gasteiger partial charge in [0.2, 0.25) is 0 Å². The summed E-state index contributed by atoms with van der Waals surface area (Å²) in [7, 11) is 0. The smallest absolute Gasteiger partial charge is 0.276 e. The molecule has 6 heteroatoms. The van der Waals surface area contributed by atoms with Crippen LogP contribution in [0.5, 0.6) is 0 Å². The Kier molecular flexibility index (Phi) is 3.40. The number of aromatic nitrogens is 2. The van der Waals surface area contributed by atoms with Crippen LogP contribution in [-0.2, 0) is 0 Å². The molecule has 1 aromatic rings. The minimum Gasteiger partial charge on any atom is -0.391 e. The Balaban J connectivity index is 2.07. The number of nitrogen functional groups attached to an aromatic ring is 1. The highest BCUT2D eigenvalue weighted by Gasteiger charge is 2.14. The Labute approximate surface area is 93.7 Å². The maximum absolute atomic E-state index is 11.3. The van der Waals surface area contributed by atoms with Crippen molar-refractivity contribution in [1.29, 1.82) is 0 Å². The van der Waals surface area contributed by atoms with Gasteiger partial charge in [0.1, 0.15) is 5.69 Å². The number of hydrogen-bond donors (Lipinski definition) is 4. The normalized spacial score (nSPS) is 21.4. The maximum Gasteiger partial charge on any atom is 0.276 e. The molecule has 88 valence electrons. The van der Waals surface area contributed by atoms with Gasteiger partial charge in [-0.2, -0.15) is 0 Å². The lowest BCUT2D eigenvalue weighted by molar-refractivity contribution is 0.633. The van der Waals surface area contributed by atoms with Gasteiger partial charge in [-0.05, 0) is 19.4 Å². The molecule has 2 rings (SSSR count). The van der Waals surface area contributed by atoms with Crippen molar-refractivity contribution in [3.05, 3.63) is 16.7 Å². The van der Waals surface area contributed by atoms with E-state index in [1.54, 1.807) is 0 Å². The molecule has 0 spiro atoms. The number of hydrogen-bond acceptors (Lipinski definition) is 5. The first kappa shape index (κ1) is 10.9. The quantitative estimate of drug-likeness (QED) is 0.562. The lowest BCUT2D eigenvalue weighted by atomic mass is 10.1. The van der Waals surface area contributed by atoms with E-state index in [0.29, 0.717) is 11.9 Å². The van der Waals surface area contributed by atoms with E-state index in [1.165, 1.54) is 19.2 Å². The predicted molar refractivity (Wildman–Crippen MR) is 63.4 cm³/mol. The number of nitrogens with one attached hydrogen (secondary N) is 3. The summed E-state index contributed by atoms with van der Waals surface area (Å²) in [5.41, 5.74) is 5.52. The summed E-state index contributed by atoms with van der Waals surface area (Å²) in [6.45, 7) is 1.93. The van der Waals surface area contributed by atoms with E-state index in [4.69, 9.17) is 5.73 Å². The molecule has 6 nitrogen and oxygen atoms in total. The summed E-state index contributed by atoms with van der Waals surface area (Å²) in [6, 6.07) is 0.291. The monoisotopic (exact) mass is 223 g/mol. The Hall–Kier alpha value is -1.56. The second-order valence-electron chi connectivity index (χ2n) is 4.04. The summed E-state index contributed by atoms with van der Waals surface area (Å²) < 4.78 is 0. The fourth-order valence-corrected chi connectivity index (χ4v) is 1.86. The third kappa shape index (κ3) is 2.52. The van der Waals surface area contributed by atoms with Crippen LogP contribution in [0.25, 0.3) is 0 Å². The Morgan fingerprint density at radius 2 is 2.38 bits per heavy atom. The average Bonchev–Trinajstić information content (AvgIpc) is 2.53. The minimum atomic E-state index is -0.293. The van der Waals surface area contributed by atoms with Gasteiger partial charge in [-0.1, -0.05) is 6.42 Å². The van der Waals surface area contributed by atoms with E-state index in [1.807, 2.05) is 0 Å². The van der Waals surface area contributed by atoms with Crippen molar-refractivity contribution in [2.75, 3.05) is 24.1 Å². The van der Waals surface area contributed by atoms with Crippen LogP contribution >= 0.6 is 0 Å². The van der Waals surface area contributed by atoms with Crippen molar-refractivity contribution in [2.45, 2.75) is 25.3 Å². The Morgan fingerprint density at radius 3 is 3.25 bits per heavy atom. The first-order valence-electron chi connectivity index (χ1n) is 5.58. The molecule has 0 bridgehead atoms. The van der Waals surface area contributed by atoms with Crippen molar-refractivity contribution >= 4 is 11.5 Å². The lowest BCUT2D eigenvalue weighted by Gasteiger charge is -2.17. The van der Waals surface area contributed by atoms with Gasteiger partial charge in [-0.15, -0.1) is 0 Å². The molecule has 1 aliphatic heterocycles. The van der Waals surface area contributed by atoms with Crippen LogP contribution in [0, 0.1) is 0 Å². The van der Waals surface area contributed by atoms with Crippen LogP contribution in [0.4, 0.5) is 11.5 Å². The second kappa shape index (κ2) is 4.98. The van der Waals surface area contributed by atoms with E-state index in [0.717, 1.165) is 19.5 Å². The molecular weight excluding hydrogens is 206 g/mol. The SMILES string of the molecule is Nc1c(NC2CCCCNC2)nc[nH]c1=O. The first-order chi connectivity index (χ1) is 7.77. The third-order valence-corrected chi connectivity index (χ3v) is 2.78. The molecular formula is C10H17N5O. The van der Waals surface area contributed by atoms with Crippen molar-refractivity contribution < 1.29 is 0 Å². The average molecular weight is 223 g/mol. The molecule has 2 heterocycles. The topological polar surface area (TPSA) is 95.8 Å². The van der Waals surface area contributed by atoms with E-state index in [-0.39, 0.29) is 11.2 Å². The number of nitrogens with two attached hydrogens (primary N) is 1. The van der Waals surface area contributed by atoms with Crippen molar-refractivity contribution in [1.82, 2.24) is 15.3 Å². The highest BCUT2D eigenvalue weighted by Crippen LogP contribution is 2.13. The fraction of sp³-hybridized carbons (Fsp3) is 0.600. The molecule has 1 aromatic heterocycles. The zero-order valence-corrected chi connectivity index (χ0v) is 9.12. The van der Waals surface area contributed by atoms with Gasteiger partial charge in [-0.3, -0.25) is 4.79 Å². The zero-order valence-electron chi connectivity index (χ0n) is 9.12. The van der Waals surface area contributed by atoms with Crippen molar-refractivity contribution in [3.63, 3.8) is 0 Å². The zero-order chi connectivity index (χ0) is 11.4. The van der Waals surface area contributed by atoms with Gasteiger partial charge in [0, 0.05) is 12.6 Å². The van der Waals surface area contributed by atoms with Crippen LogP contribution in [-0.4, -0.2) is 29.1 Å². The van der Waals surface area contributed by atoms with Crippen LogP contribution in [0.15, 0.2) is 11.1 Å². The van der Waals surface area contributed by atoms with E-state index >= 15 is 0 Å². The fourth-order valence-electron chi connectivity index (χ4n) is 1.86. The van der Waals surface area contributed by atoms with Crippen LogP contribution in [0.1, 0.15) is 19.3 Å². The maximum atomic E-state index is 11.3. The molecule has 1 aliphatic rings.